The number of hydrogen-bond acceptors (Lipinski definition) is 6. The lowest BCUT2D eigenvalue weighted by molar-refractivity contribution is -0.120. The summed E-state index contributed by atoms with van der Waals surface area (Å²) in [5.41, 5.74) is 0.862. The molecule has 0 saturated carbocycles. The lowest BCUT2D eigenvalue weighted by Crippen LogP contribution is -2.51. The summed E-state index contributed by atoms with van der Waals surface area (Å²) >= 11 is 0. The van der Waals surface area contributed by atoms with Gasteiger partial charge in [0, 0.05) is 44.7 Å². The van der Waals surface area contributed by atoms with Gasteiger partial charge in [-0.2, -0.15) is 0 Å². The summed E-state index contributed by atoms with van der Waals surface area (Å²) in [6, 6.07) is 7.51. The first-order chi connectivity index (χ1) is 13.3. The number of nitrogens with zero attached hydrogens (tertiary/aromatic N) is 3. The molecule has 3 rings (SSSR count). The Morgan fingerprint density at radius 1 is 1.18 bits per heavy atom. The van der Waals surface area contributed by atoms with E-state index in [9.17, 15) is 9.59 Å². The van der Waals surface area contributed by atoms with Crippen LogP contribution >= 0.6 is 0 Å². The Kier molecular flexibility index (Phi) is 6.18. The van der Waals surface area contributed by atoms with Crippen LogP contribution in [0.1, 0.15) is 26.5 Å². The first-order valence-electron chi connectivity index (χ1n) is 9.62. The van der Waals surface area contributed by atoms with Crippen LogP contribution in [0.15, 0.2) is 28.8 Å². The fourth-order valence-electron chi connectivity index (χ4n) is 3.11. The third kappa shape index (κ3) is 5.45. The van der Waals surface area contributed by atoms with E-state index in [2.05, 4.69) is 15.4 Å². The molecule has 1 fully saturated rings. The number of nitrogens with one attached hydrogen (secondary N) is 1. The molecule has 0 atom stereocenters. The summed E-state index contributed by atoms with van der Waals surface area (Å²) in [6.07, 6.45) is -0.0658. The highest BCUT2D eigenvalue weighted by Gasteiger charge is 2.25. The van der Waals surface area contributed by atoms with Crippen molar-refractivity contribution in [2.75, 3.05) is 39.3 Å². The number of aromatic nitrogens is 1. The molecule has 152 valence electrons. The Labute approximate surface area is 164 Å². The summed E-state index contributed by atoms with van der Waals surface area (Å²) in [7, 11) is 0. The summed E-state index contributed by atoms with van der Waals surface area (Å²) in [6.45, 7) is 9.70. The molecule has 28 heavy (non-hydrogen) atoms. The maximum Gasteiger partial charge on any atom is 0.410 e. The normalized spacial score (nSPS) is 15.6. The van der Waals surface area contributed by atoms with Crippen molar-refractivity contribution in [1.82, 2.24) is 20.3 Å². The first kappa shape index (κ1) is 20.1. The van der Waals surface area contributed by atoms with Crippen LogP contribution in [0.5, 0.6) is 0 Å². The molecule has 0 spiro atoms. The average Bonchev–Trinajstić information content (AvgIpc) is 3.04. The summed E-state index contributed by atoms with van der Waals surface area (Å²) in [4.78, 5) is 28.2. The van der Waals surface area contributed by atoms with E-state index < -0.39 is 5.60 Å². The molecule has 2 aromatic rings. The molecule has 2 amide bonds. The number of para-hydroxylation sites is 1. The van der Waals surface area contributed by atoms with Crippen LogP contribution in [0, 0.1) is 0 Å². The summed E-state index contributed by atoms with van der Waals surface area (Å²) in [5.74, 6) is -0.0774. The third-order valence-electron chi connectivity index (χ3n) is 4.55. The third-order valence-corrected chi connectivity index (χ3v) is 4.55. The Morgan fingerprint density at radius 2 is 1.89 bits per heavy atom. The molecule has 1 aliphatic rings. The molecule has 0 bridgehead atoms. The van der Waals surface area contributed by atoms with Gasteiger partial charge in [0.25, 0.3) is 0 Å². The van der Waals surface area contributed by atoms with Gasteiger partial charge in [-0.15, -0.1) is 0 Å². The van der Waals surface area contributed by atoms with Gasteiger partial charge in [-0.25, -0.2) is 4.79 Å². The lowest BCUT2D eigenvalue weighted by Gasteiger charge is -2.35. The van der Waals surface area contributed by atoms with Gasteiger partial charge >= 0.3 is 6.09 Å². The molecule has 1 N–H and O–H groups in total. The van der Waals surface area contributed by atoms with Crippen LogP contribution in [-0.4, -0.2) is 71.8 Å². The Morgan fingerprint density at radius 3 is 2.61 bits per heavy atom. The topological polar surface area (TPSA) is 87.9 Å². The van der Waals surface area contributed by atoms with E-state index >= 15 is 0 Å². The SMILES string of the molecule is CC(C)(C)OC(=O)N1CCN(CCNC(=O)Cc2noc3ccccc23)CC1. The van der Waals surface area contributed by atoms with Gasteiger partial charge in [0.05, 0.1) is 6.42 Å². The van der Waals surface area contributed by atoms with Gasteiger partial charge in [0.2, 0.25) is 5.91 Å². The number of carbonyl (C=O) groups is 2. The van der Waals surface area contributed by atoms with Crippen molar-refractivity contribution in [2.45, 2.75) is 32.8 Å². The molecule has 1 aromatic heterocycles. The number of fused-ring (bicyclic) bond motifs is 1. The molecular weight excluding hydrogens is 360 g/mol. The maximum atomic E-state index is 12.2. The zero-order valence-electron chi connectivity index (χ0n) is 16.7. The second kappa shape index (κ2) is 8.60. The highest BCUT2D eigenvalue weighted by molar-refractivity contribution is 5.86. The van der Waals surface area contributed by atoms with Crippen molar-refractivity contribution in [3.8, 4) is 0 Å². The van der Waals surface area contributed by atoms with Crippen molar-refractivity contribution in [1.29, 1.82) is 0 Å². The Balaban J connectivity index is 1.37. The van der Waals surface area contributed by atoms with E-state index in [0.29, 0.717) is 30.9 Å². The number of amides is 2. The molecule has 8 nitrogen and oxygen atoms in total. The van der Waals surface area contributed by atoms with Crippen molar-refractivity contribution >= 4 is 23.0 Å². The van der Waals surface area contributed by atoms with Crippen molar-refractivity contribution in [2.24, 2.45) is 0 Å². The van der Waals surface area contributed by atoms with E-state index in [1.54, 1.807) is 4.90 Å². The lowest BCUT2D eigenvalue weighted by atomic mass is 10.1. The predicted molar refractivity (Wildman–Crippen MR) is 105 cm³/mol. The standard InChI is InChI=1S/C20H28N4O4/c1-20(2,3)27-19(26)24-12-10-23(11-13-24)9-8-21-18(25)14-16-15-6-4-5-7-17(15)28-22-16/h4-7H,8-14H2,1-3H3,(H,21,25). The Bertz CT molecular complexity index is 819. The molecule has 0 radical (unpaired) electrons. The van der Waals surface area contributed by atoms with Gasteiger partial charge in [-0.1, -0.05) is 17.3 Å². The van der Waals surface area contributed by atoms with Gasteiger partial charge in [0.15, 0.2) is 5.58 Å². The van der Waals surface area contributed by atoms with Gasteiger partial charge in [0.1, 0.15) is 11.3 Å². The van der Waals surface area contributed by atoms with Gasteiger partial charge in [-0.3, -0.25) is 9.69 Å². The maximum absolute atomic E-state index is 12.2. The fraction of sp³-hybridized carbons (Fsp3) is 0.550. The minimum Gasteiger partial charge on any atom is -0.444 e. The van der Waals surface area contributed by atoms with Crippen molar-refractivity contribution in [3.05, 3.63) is 30.0 Å². The molecule has 0 unspecified atom stereocenters. The minimum absolute atomic E-state index is 0.0774. The molecular formula is C20H28N4O4. The molecule has 0 aliphatic carbocycles. The van der Waals surface area contributed by atoms with Gasteiger partial charge < -0.3 is 19.5 Å². The van der Waals surface area contributed by atoms with Crippen LogP contribution < -0.4 is 5.32 Å². The van der Waals surface area contributed by atoms with Crippen LogP contribution in [0.2, 0.25) is 0 Å². The van der Waals surface area contributed by atoms with Crippen molar-refractivity contribution in [3.63, 3.8) is 0 Å². The second-order valence-electron chi connectivity index (χ2n) is 7.96. The highest BCUT2D eigenvalue weighted by Crippen LogP contribution is 2.18. The van der Waals surface area contributed by atoms with E-state index in [0.717, 1.165) is 25.0 Å². The van der Waals surface area contributed by atoms with E-state index in [1.165, 1.54) is 0 Å². The molecule has 2 heterocycles. The number of ether oxygens (including phenoxy) is 1. The number of carbonyl (C=O) groups excluding carboxylic acids is 2. The number of rotatable bonds is 5. The summed E-state index contributed by atoms with van der Waals surface area (Å²) in [5, 5.41) is 7.79. The predicted octanol–water partition coefficient (Wildman–Crippen LogP) is 2.04. The van der Waals surface area contributed by atoms with Gasteiger partial charge in [-0.05, 0) is 32.9 Å². The van der Waals surface area contributed by atoms with E-state index in [-0.39, 0.29) is 18.4 Å². The molecule has 1 aliphatic heterocycles. The monoisotopic (exact) mass is 388 g/mol. The van der Waals surface area contributed by atoms with Crippen LogP contribution in [0.25, 0.3) is 11.0 Å². The smallest absolute Gasteiger partial charge is 0.410 e. The second-order valence-corrected chi connectivity index (χ2v) is 7.96. The largest absolute Gasteiger partial charge is 0.444 e. The average molecular weight is 388 g/mol. The molecule has 8 heteroatoms. The zero-order chi connectivity index (χ0) is 20.1. The number of piperazine rings is 1. The quantitative estimate of drug-likeness (QED) is 0.843. The summed E-state index contributed by atoms with van der Waals surface area (Å²) < 4.78 is 10.6. The minimum atomic E-state index is -0.479. The van der Waals surface area contributed by atoms with Crippen molar-refractivity contribution < 1.29 is 18.8 Å². The van der Waals surface area contributed by atoms with Crippen LogP contribution in [-0.2, 0) is 16.0 Å². The van der Waals surface area contributed by atoms with Crippen LogP contribution in [0.3, 0.4) is 0 Å². The van der Waals surface area contributed by atoms with Crippen LogP contribution in [0.4, 0.5) is 4.79 Å². The number of benzene rings is 1. The Hall–Kier alpha value is -2.61. The zero-order valence-corrected chi connectivity index (χ0v) is 16.7. The molecule has 1 saturated heterocycles. The number of hydrogen-bond donors (Lipinski definition) is 1. The first-order valence-corrected chi connectivity index (χ1v) is 9.62. The van der Waals surface area contributed by atoms with E-state index in [1.807, 2.05) is 45.0 Å². The molecule has 1 aromatic carbocycles. The fourth-order valence-corrected chi connectivity index (χ4v) is 3.11. The highest BCUT2D eigenvalue weighted by atomic mass is 16.6. The van der Waals surface area contributed by atoms with E-state index in [4.69, 9.17) is 9.26 Å².